The van der Waals surface area contributed by atoms with Crippen molar-refractivity contribution < 1.29 is 33.5 Å². The van der Waals surface area contributed by atoms with Crippen molar-refractivity contribution in [1.29, 1.82) is 0 Å². The van der Waals surface area contributed by atoms with E-state index in [-0.39, 0.29) is 24.7 Å². The molecule has 0 heterocycles. The highest BCUT2D eigenvalue weighted by atomic mass is 16.6. The molecule has 0 aromatic carbocycles. The summed E-state index contributed by atoms with van der Waals surface area (Å²) in [5.41, 5.74) is 0. The smallest absolute Gasteiger partial charge is 0.104 e. The number of aliphatic hydroxyl groups is 1. The average Bonchev–Trinajstić information content (AvgIpc) is 2.64. The predicted octanol–water partition coefficient (Wildman–Crippen LogP) is 1.51. The third-order valence-electron chi connectivity index (χ3n) is 3.42. The van der Waals surface area contributed by atoms with Gasteiger partial charge in [-0.15, -0.1) is 0 Å². The lowest BCUT2D eigenvalue weighted by molar-refractivity contribution is -0.0995. The van der Waals surface area contributed by atoms with Gasteiger partial charge < -0.3 is 33.5 Å². The largest absolute Gasteiger partial charge is 0.396 e. The molecule has 0 aliphatic heterocycles. The molecular formula is C18H38O7. The summed E-state index contributed by atoms with van der Waals surface area (Å²) in [7, 11) is 0. The van der Waals surface area contributed by atoms with Gasteiger partial charge in [0.05, 0.1) is 46.2 Å². The van der Waals surface area contributed by atoms with Gasteiger partial charge in [-0.1, -0.05) is 0 Å². The highest BCUT2D eigenvalue weighted by Crippen LogP contribution is 2.06. The van der Waals surface area contributed by atoms with Gasteiger partial charge in [0.15, 0.2) is 0 Å². The number of hydrogen-bond acceptors (Lipinski definition) is 7. The summed E-state index contributed by atoms with van der Waals surface area (Å²) in [4.78, 5) is 0. The molecule has 0 saturated heterocycles. The SMILES string of the molecule is CCOCC(COCC)OCC(CO)COC(COCC)COCC. The summed E-state index contributed by atoms with van der Waals surface area (Å²) < 4.78 is 33.3. The molecule has 0 atom stereocenters. The minimum absolute atomic E-state index is 0.00796. The molecular weight excluding hydrogens is 328 g/mol. The Morgan fingerprint density at radius 2 is 0.880 bits per heavy atom. The molecule has 0 radical (unpaired) electrons. The maximum atomic E-state index is 9.57. The lowest BCUT2D eigenvalue weighted by Crippen LogP contribution is -2.33. The van der Waals surface area contributed by atoms with Crippen molar-refractivity contribution in [3.05, 3.63) is 0 Å². The number of rotatable bonds is 19. The molecule has 7 nitrogen and oxygen atoms in total. The third-order valence-corrected chi connectivity index (χ3v) is 3.42. The van der Waals surface area contributed by atoms with Crippen molar-refractivity contribution in [2.24, 2.45) is 5.92 Å². The van der Waals surface area contributed by atoms with E-state index in [0.29, 0.717) is 66.1 Å². The van der Waals surface area contributed by atoms with E-state index < -0.39 is 0 Å². The van der Waals surface area contributed by atoms with Crippen LogP contribution in [0.2, 0.25) is 0 Å². The van der Waals surface area contributed by atoms with Gasteiger partial charge in [-0.3, -0.25) is 0 Å². The molecule has 7 heteroatoms. The highest BCUT2D eigenvalue weighted by Gasteiger charge is 2.17. The Balaban J connectivity index is 4.24. The minimum atomic E-state index is -0.142. The second-order valence-electron chi connectivity index (χ2n) is 5.60. The molecule has 0 aromatic rings. The van der Waals surface area contributed by atoms with Gasteiger partial charge in [0.25, 0.3) is 0 Å². The zero-order valence-electron chi connectivity index (χ0n) is 16.4. The molecule has 0 aromatic heterocycles. The minimum Gasteiger partial charge on any atom is -0.396 e. The summed E-state index contributed by atoms with van der Waals surface area (Å²) in [5.74, 6) is -0.114. The Morgan fingerprint density at radius 1 is 0.560 bits per heavy atom. The van der Waals surface area contributed by atoms with E-state index in [9.17, 15) is 5.11 Å². The average molecular weight is 366 g/mol. The highest BCUT2D eigenvalue weighted by molar-refractivity contribution is 4.63. The molecule has 0 rings (SSSR count). The molecule has 0 fully saturated rings. The molecule has 0 spiro atoms. The van der Waals surface area contributed by atoms with Crippen molar-refractivity contribution in [1.82, 2.24) is 0 Å². The summed E-state index contributed by atoms with van der Waals surface area (Å²) in [6, 6.07) is 0. The van der Waals surface area contributed by atoms with Crippen LogP contribution >= 0.6 is 0 Å². The van der Waals surface area contributed by atoms with Gasteiger partial charge in [0.2, 0.25) is 0 Å². The number of aliphatic hydroxyl groups excluding tert-OH is 1. The first-order valence-electron chi connectivity index (χ1n) is 9.36. The standard InChI is InChI=1S/C18H38O7/c1-5-20-12-17(13-21-6-2)24-10-16(9-19)11-25-18(14-22-7-3)15-23-8-4/h16-19H,5-15H2,1-4H3. The maximum Gasteiger partial charge on any atom is 0.104 e. The quantitative estimate of drug-likeness (QED) is 0.371. The van der Waals surface area contributed by atoms with Crippen LogP contribution in [0.25, 0.3) is 0 Å². The molecule has 25 heavy (non-hydrogen) atoms. The van der Waals surface area contributed by atoms with Crippen molar-refractivity contribution in [2.45, 2.75) is 39.9 Å². The van der Waals surface area contributed by atoms with Crippen molar-refractivity contribution in [2.75, 3.05) is 72.7 Å². The lowest BCUT2D eigenvalue weighted by atomic mass is 10.2. The van der Waals surface area contributed by atoms with Gasteiger partial charge in [-0.25, -0.2) is 0 Å². The summed E-state index contributed by atoms with van der Waals surface area (Å²) in [5, 5.41) is 9.57. The first-order valence-corrected chi connectivity index (χ1v) is 9.36. The van der Waals surface area contributed by atoms with Crippen LogP contribution in [0.5, 0.6) is 0 Å². The van der Waals surface area contributed by atoms with E-state index in [4.69, 9.17) is 28.4 Å². The van der Waals surface area contributed by atoms with Crippen LogP contribution in [-0.2, 0) is 28.4 Å². The van der Waals surface area contributed by atoms with E-state index in [0.717, 1.165) is 0 Å². The monoisotopic (exact) mass is 366 g/mol. The van der Waals surface area contributed by atoms with Crippen LogP contribution in [0.15, 0.2) is 0 Å². The van der Waals surface area contributed by atoms with E-state index in [1.807, 2.05) is 27.7 Å². The predicted molar refractivity (Wildman–Crippen MR) is 96.0 cm³/mol. The van der Waals surface area contributed by atoms with E-state index in [1.54, 1.807) is 0 Å². The van der Waals surface area contributed by atoms with Crippen molar-refractivity contribution in [3.8, 4) is 0 Å². The Kier molecular flexibility index (Phi) is 18.3. The fourth-order valence-electron chi connectivity index (χ4n) is 1.98. The van der Waals surface area contributed by atoms with Crippen LogP contribution in [0.1, 0.15) is 27.7 Å². The Morgan fingerprint density at radius 3 is 1.12 bits per heavy atom. The second kappa shape index (κ2) is 18.5. The van der Waals surface area contributed by atoms with Crippen LogP contribution in [0.3, 0.4) is 0 Å². The summed E-state index contributed by atoms with van der Waals surface area (Å²) >= 11 is 0. The van der Waals surface area contributed by atoms with Crippen LogP contribution < -0.4 is 0 Å². The van der Waals surface area contributed by atoms with Gasteiger partial charge in [-0.2, -0.15) is 0 Å². The Bertz CT molecular complexity index is 226. The second-order valence-corrected chi connectivity index (χ2v) is 5.60. The van der Waals surface area contributed by atoms with Crippen LogP contribution in [0.4, 0.5) is 0 Å². The first-order chi connectivity index (χ1) is 12.2. The molecule has 0 unspecified atom stereocenters. The normalized spacial score (nSPS) is 12.0. The molecule has 0 aliphatic rings. The molecule has 1 N–H and O–H groups in total. The molecule has 152 valence electrons. The topological polar surface area (TPSA) is 75.6 Å². The van der Waals surface area contributed by atoms with Crippen molar-refractivity contribution >= 4 is 0 Å². The molecule has 0 bridgehead atoms. The van der Waals surface area contributed by atoms with Gasteiger partial charge in [0.1, 0.15) is 12.2 Å². The summed E-state index contributed by atoms with van der Waals surface area (Å²) in [6.07, 6.45) is -0.284. The molecule has 0 amide bonds. The van der Waals surface area contributed by atoms with Gasteiger partial charge >= 0.3 is 0 Å². The Hall–Kier alpha value is -0.280. The Labute approximate surface area is 152 Å². The van der Waals surface area contributed by atoms with E-state index in [1.165, 1.54) is 0 Å². The zero-order valence-corrected chi connectivity index (χ0v) is 16.4. The third kappa shape index (κ3) is 14.6. The van der Waals surface area contributed by atoms with E-state index in [2.05, 4.69) is 0 Å². The summed E-state index contributed by atoms with van der Waals surface area (Å²) in [6.45, 7) is 13.0. The van der Waals surface area contributed by atoms with Gasteiger partial charge in [0, 0.05) is 32.3 Å². The molecule has 0 saturated carbocycles. The zero-order chi connectivity index (χ0) is 18.8. The first kappa shape index (κ1) is 24.7. The lowest BCUT2D eigenvalue weighted by Gasteiger charge is -2.23. The molecule has 0 aliphatic carbocycles. The van der Waals surface area contributed by atoms with E-state index >= 15 is 0 Å². The van der Waals surface area contributed by atoms with Crippen LogP contribution in [-0.4, -0.2) is 90.0 Å². The van der Waals surface area contributed by atoms with Crippen molar-refractivity contribution in [3.63, 3.8) is 0 Å². The fourth-order valence-corrected chi connectivity index (χ4v) is 1.98. The maximum absolute atomic E-state index is 9.57. The fraction of sp³-hybridized carbons (Fsp3) is 1.00. The van der Waals surface area contributed by atoms with Gasteiger partial charge in [-0.05, 0) is 27.7 Å². The van der Waals surface area contributed by atoms with Crippen LogP contribution in [0, 0.1) is 5.92 Å². The number of hydrogen-bond donors (Lipinski definition) is 1. The number of ether oxygens (including phenoxy) is 6.